The van der Waals surface area contributed by atoms with Crippen molar-refractivity contribution in [2.75, 3.05) is 30.4 Å². The van der Waals surface area contributed by atoms with Crippen molar-refractivity contribution in [2.24, 2.45) is 5.92 Å². The summed E-state index contributed by atoms with van der Waals surface area (Å²) in [7, 11) is 1.82. The molecule has 1 aliphatic rings. The van der Waals surface area contributed by atoms with Crippen LogP contribution < -0.4 is 15.5 Å². The first-order valence-corrected chi connectivity index (χ1v) is 6.97. The van der Waals surface area contributed by atoms with Crippen LogP contribution in [0, 0.1) is 5.92 Å². The van der Waals surface area contributed by atoms with Crippen molar-refractivity contribution in [1.29, 1.82) is 0 Å². The highest BCUT2D eigenvalue weighted by Crippen LogP contribution is 2.24. The molecule has 6 heteroatoms. The average molecular weight is 312 g/mol. The number of carbonyl (C=O) groups is 2. The van der Waals surface area contributed by atoms with Crippen LogP contribution in [0.4, 0.5) is 11.4 Å². The van der Waals surface area contributed by atoms with E-state index in [9.17, 15) is 9.59 Å². The van der Waals surface area contributed by atoms with Crippen molar-refractivity contribution in [2.45, 2.75) is 19.8 Å². The third-order valence-corrected chi connectivity index (χ3v) is 3.46. The second kappa shape index (κ2) is 8.00. The molecular weight excluding hydrogens is 290 g/mol. The third-order valence-electron chi connectivity index (χ3n) is 3.46. The lowest BCUT2D eigenvalue weighted by molar-refractivity contribution is -0.119. The second-order valence-electron chi connectivity index (χ2n) is 5.15. The van der Waals surface area contributed by atoms with Gasteiger partial charge in [0, 0.05) is 36.8 Å². The van der Waals surface area contributed by atoms with Gasteiger partial charge in [0.2, 0.25) is 11.8 Å². The summed E-state index contributed by atoms with van der Waals surface area (Å²) in [4.78, 5) is 25.5. The zero-order valence-electron chi connectivity index (χ0n) is 12.4. The number of hydrogen-bond acceptors (Lipinski definition) is 3. The fraction of sp³-hybridized carbons (Fsp3) is 0.467. The number of hydrogen-bond donors (Lipinski definition) is 2. The van der Waals surface area contributed by atoms with E-state index in [0.29, 0.717) is 13.0 Å². The Morgan fingerprint density at radius 2 is 2.19 bits per heavy atom. The van der Waals surface area contributed by atoms with E-state index in [0.717, 1.165) is 24.3 Å². The Bertz CT molecular complexity index is 507. The molecule has 1 unspecified atom stereocenters. The first-order valence-electron chi connectivity index (χ1n) is 6.97. The Labute approximate surface area is 131 Å². The van der Waals surface area contributed by atoms with Crippen LogP contribution in [-0.2, 0) is 9.59 Å². The van der Waals surface area contributed by atoms with Crippen molar-refractivity contribution in [3.63, 3.8) is 0 Å². The number of rotatable bonds is 5. The van der Waals surface area contributed by atoms with Gasteiger partial charge in [0.05, 0.1) is 0 Å². The molecule has 0 bridgehead atoms. The summed E-state index contributed by atoms with van der Waals surface area (Å²) < 4.78 is 0. The van der Waals surface area contributed by atoms with Crippen LogP contribution in [0.5, 0.6) is 0 Å². The molecule has 0 saturated carbocycles. The minimum atomic E-state index is -0.0999. The zero-order chi connectivity index (χ0) is 14.5. The lowest BCUT2D eigenvalue weighted by atomic mass is 10.1. The summed E-state index contributed by atoms with van der Waals surface area (Å²) in [5.41, 5.74) is 1.58. The summed E-state index contributed by atoms with van der Waals surface area (Å²) in [6.07, 6.45) is 1.50. The minimum Gasteiger partial charge on any atom is -0.326 e. The van der Waals surface area contributed by atoms with Gasteiger partial charge in [0.1, 0.15) is 0 Å². The molecule has 1 aliphatic heterocycles. The van der Waals surface area contributed by atoms with Gasteiger partial charge in [0.15, 0.2) is 0 Å². The maximum absolute atomic E-state index is 12.0. The Balaban J connectivity index is 0.00000220. The highest BCUT2D eigenvalue weighted by Gasteiger charge is 2.22. The van der Waals surface area contributed by atoms with E-state index < -0.39 is 0 Å². The topological polar surface area (TPSA) is 61.4 Å². The van der Waals surface area contributed by atoms with E-state index in [1.807, 2.05) is 38.2 Å². The Kier molecular flexibility index (Phi) is 6.65. The zero-order valence-corrected chi connectivity index (χ0v) is 13.2. The molecule has 0 aromatic heterocycles. The number of carbonyl (C=O) groups excluding carboxylic acids is 2. The normalized spacial score (nSPS) is 15.5. The molecule has 2 rings (SSSR count). The molecule has 5 nitrogen and oxygen atoms in total. The quantitative estimate of drug-likeness (QED) is 0.874. The Hall–Kier alpha value is -1.59. The monoisotopic (exact) mass is 311 g/mol. The molecule has 1 heterocycles. The average Bonchev–Trinajstić information content (AvgIpc) is 2.85. The summed E-state index contributed by atoms with van der Waals surface area (Å²) in [5.74, 6) is 0.0263. The van der Waals surface area contributed by atoms with E-state index in [4.69, 9.17) is 0 Å². The van der Waals surface area contributed by atoms with Gasteiger partial charge in [0.25, 0.3) is 0 Å². The minimum absolute atomic E-state index is 0. The van der Waals surface area contributed by atoms with Crippen molar-refractivity contribution < 1.29 is 9.59 Å². The first-order chi connectivity index (χ1) is 9.61. The van der Waals surface area contributed by atoms with E-state index in [-0.39, 0.29) is 30.1 Å². The number of anilines is 2. The van der Waals surface area contributed by atoms with E-state index in [2.05, 4.69) is 10.6 Å². The summed E-state index contributed by atoms with van der Waals surface area (Å²) in [6.45, 7) is 3.27. The lowest BCUT2D eigenvalue weighted by Gasteiger charge is -2.17. The molecule has 0 aliphatic carbocycles. The van der Waals surface area contributed by atoms with Crippen molar-refractivity contribution in [3.8, 4) is 0 Å². The van der Waals surface area contributed by atoms with Gasteiger partial charge in [-0.2, -0.15) is 0 Å². The molecule has 21 heavy (non-hydrogen) atoms. The molecule has 1 atom stereocenters. The molecule has 2 amide bonds. The molecule has 2 N–H and O–H groups in total. The van der Waals surface area contributed by atoms with Crippen LogP contribution in [0.2, 0.25) is 0 Å². The third kappa shape index (κ3) is 4.44. The predicted octanol–water partition coefficient (Wildman–Crippen LogP) is 2.03. The van der Waals surface area contributed by atoms with Crippen LogP contribution in [0.1, 0.15) is 19.8 Å². The number of nitrogens with zero attached hydrogens (tertiary/aromatic N) is 1. The van der Waals surface area contributed by atoms with Gasteiger partial charge in [-0.05, 0) is 31.7 Å². The molecule has 1 aromatic carbocycles. The highest BCUT2D eigenvalue weighted by atomic mass is 35.5. The van der Waals surface area contributed by atoms with E-state index >= 15 is 0 Å². The van der Waals surface area contributed by atoms with Crippen LogP contribution in [0.15, 0.2) is 24.3 Å². The number of halogens is 1. The van der Waals surface area contributed by atoms with Gasteiger partial charge in [-0.15, -0.1) is 12.4 Å². The molecular formula is C15H22ClN3O2. The van der Waals surface area contributed by atoms with Crippen molar-refractivity contribution >= 4 is 35.6 Å². The van der Waals surface area contributed by atoms with Crippen LogP contribution in [0.25, 0.3) is 0 Å². The van der Waals surface area contributed by atoms with Gasteiger partial charge in [-0.3, -0.25) is 9.59 Å². The van der Waals surface area contributed by atoms with Crippen LogP contribution in [-0.4, -0.2) is 32.0 Å². The number of benzene rings is 1. The molecule has 0 spiro atoms. The predicted molar refractivity (Wildman–Crippen MR) is 87.0 cm³/mol. The summed E-state index contributed by atoms with van der Waals surface area (Å²) >= 11 is 0. The van der Waals surface area contributed by atoms with Crippen molar-refractivity contribution in [1.82, 2.24) is 5.32 Å². The van der Waals surface area contributed by atoms with Crippen LogP contribution in [0.3, 0.4) is 0 Å². The van der Waals surface area contributed by atoms with Gasteiger partial charge in [-0.25, -0.2) is 0 Å². The smallest absolute Gasteiger partial charge is 0.228 e. The SMILES string of the molecule is CNCC(C)C(=O)Nc1cccc(N2CCCC2=O)c1.Cl. The lowest BCUT2D eigenvalue weighted by Crippen LogP contribution is -2.29. The molecule has 1 fully saturated rings. The number of amides is 2. The maximum Gasteiger partial charge on any atom is 0.228 e. The van der Waals surface area contributed by atoms with E-state index in [1.165, 1.54) is 0 Å². The highest BCUT2D eigenvalue weighted by molar-refractivity contribution is 5.97. The van der Waals surface area contributed by atoms with Crippen molar-refractivity contribution in [3.05, 3.63) is 24.3 Å². The van der Waals surface area contributed by atoms with Gasteiger partial charge < -0.3 is 15.5 Å². The maximum atomic E-state index is 12.0. The summed E-state index contributed by atoms with van der Waals surface area (Å²) in [6, 6.07) is 7.45. The first kappa shape index (κ1) is 17.5. The standard InChI is InChI=1S/C15H21N3O2.ClH/c1-11(10-16-2)15(20)17-12-5-3-6-13(9-12)18-8-4-7-14(18)19;/h3,5-6,9,11,16H,4,7-8,10H2,1-2H3,(H,17,20);1H. The fourth-order valence-electron chi connectivity index (χ4n) is 2.34. The summed E-state index contributed by atoms with van der Waals surface area (Å²) in [5, 5.41) is 5.87. The van der Waals surface area contributed by atoms with E-state index in [1.54, 1.807) is 4.90 Å². The molecule has 1 aromatic rings. The Morgan fingerprint density at radius 3 is 2.81 bits per heavy atom. The Morgan fingerprint density at radius 1 is 1.43 bits per heavy atom. The second-order valence-corrected chi connectivity index (χ2v) is 5.15. The fourth-order valence-corrected chi connectivity index (χ4v) is 2.34. The molecule has 1 saturated heterocycles. The molecule has 0 radical (unpaired) electrons. The largest absolute Gasteiger partial charge is 0.326 e. The van der Waals surface area contributed by atoms with Gasteiger partial charge >= 0.3 is 0 Å². The number of nitrogens with one attached hydrogen (secondary N) is 2. The van der Waals surface area contributed by atoms with Crippen LogP contribution >= 0.6 is 12.4 Å². The molecule has 116 valence electrons. The van der Waals surface area contributed by atoms with Gasteiger partial charge in [-0.1, -0.05) is 13.0 Å².